The van der Waals surface area contributed by atoms with Crippen LogP contribution in [0.3, 0.4) is 0 Å². The van der Waals surface area contributed by atoms with Gasteiger partial charge in [0.15, 0.2) is 0 Å². The van der Waals surface area contributed by atoms with Gasteiger partial charge in [-0.25, -0.2) is 0 Å². The van der Waals surface area contributed by atoms with Crippen molar-refractivity contribution in [3.63, 3.8) is 0 Å². The average Bonchev–Trinajstić information content (AvgIpc) is 2.47. The Balaban J connectivity index is 1.96. The molecular formula is C15H27NO3. The Morgan fingerprint density at radius 1 is 1.26 bits per heavy atom. The van der Waals surface area contributed by atoms with Crippen LogP contribution in [-0.2, 0) is 14.3 Å². The normalized spacial score (nSPS) is 24.1. The van der Waals surface area contributed by atoms with Crippen molar-refractivity contribution < 1.29 is 14.3 Å². The molecule has 2 saturated heterocycles. The number of carbonyl (C=O) groups excluding carboxylic acids is 1. The molecule has 0 saturated carbocycles. The zero-order valence-corrected chi connectivity index (χ0v) is 12.1. The van der Waals surface area contributed by atoms with Crippen molar-refractivity contribution in [2.24, 2.45) is 5.92 Å². The quantitative estimate of drug-likeness (QED) is 0.717. The van der Waals surface area contributed by atoms with E-state index in [1.807, 2.05) is 6.92 Å². The Morgan fingerprint density at radius 3 is 2.58 bits per heavy atom. The predicted octanol–water partition coefficient (Wildman–Crippen LogP) is 2.22. The fraction of sp³-hybridized carbons (Fsp3) is 0.933. The van der Waals surface area contributed by atoms with E-state index in [2.05, 4.69) is 4.90 Å². The van der Waals surface area contributed by atoms with E-state index < -0.39 is 0 Å². The molecule has 1 unspecified atom stereocenters. The van der Waals surface area contributed by atoms with Crippen molar-refractivity contribution in [1.82, 2.24) is 4.90 Å². The van der Waals surface area contributed by atoms with Crippen LogP contribution in [0.25, 0.3) is 0 Å². The monoisotopic (exact) mass is 269 g/mol. The fourth-order valence-corrected chi connectivity index (χ4v) is 3.34. The first-order valence-electron chi connectivity index (χ1n) is 7.78. The molecule has 0 aromatic carbocycles. The van der Waals surface area contributed by atoms with Crippen LogP contribution < -0.4 is 0 Å². The Labute approximate surface area is 116 Å². The first kappa shape index (κ1) is 14.8. The number of likely N-dealkylation sites (tertiary alicyclic amines) is 1. The molecule has 4 heteroatoms. The molecule has 19 heavy (non-hydrogen) atoms. The third kappa shape index (κ3) is 4.46. The van der Waals surface area contributed by atoms with Crippen molar-refractivity contribution in [2.75, 3.05) is 32.9 Å². The van der Waals surface area contributed by atoms with Gasteiger partial charge in [-0.2, -0.15) is 0 Å². The Morgan fingerprint density at radius 2 is 1.95 bits per heavy atom. The van der Waals surface area contributed by atoms with E-state index in [0.717, 1.165) is 39.1 Å². The summed E-state index contributed by atoms with van der Waals surface area (Å²) in [6, 6.07) is 0.364. The van der Waals surface area contributed by atoms with Crippen molar-refractivity contribution in [1.29, 1.82) is 0 Å². The van der Waals surface area contributed by atoms with Gasteiger partial charge in [-0.1, -0.05) is 6.42 Å². The van der Waals surface area contributed by atoms with Crippen molar-refractivity contribution in [3.05, 3.63) is 0 Å². The summed E-state index contributed by atoms with van der Waals surface area (Å²) < 4.78 is 10.6. The number of esters is 1. The van der Waals surface area contributed by atoms with E-state index in [4.69, 9.17) is 9.47 Å². The molecule has 0 aliphatic carbocycles. The first-order chi connectivity index (χ1) is 9.31. The first-order valence-corrected chi connectivity index (χ1v) is 7.78. The molecule has 0 radical (unpaired) electrons. The molecule has 1 atom stereocenters. The highest BCUT2D eigenvalue weighted by atomic mass is 16.5. The number of rotatable bonds is 5. The van der Waals surface area contributed by atoms with Crippen molar-refractivity contribution >= 4 is 5.97 Å². The van der Waals surface area contributed by atoms with Crippen LogP contribution in [0.1, 0.15) is 45.4 Å². The second kappa shape index (κ2) is 7.85. The number of nitrogens with zero attached hydrogens (tertiary/aromatic N) is 1. The molecule has 2 rings (SSSR count). The van der Waals surface area contributed by atoms with Gasteiger partial charge in [0, 0.05) is 19.3 Å². The predicted molar refractivity (Wildman–Crippen MR) is 74.0 cm³/mol. The number of hydrogen-bond acceptors (Lipinski definition) is 4. The summed E-state index contributed by atoms with van der Waals surface area (Å²) in [6.07, 6.45) is 6.58. The molecule has 0 aromatic heterocycles. The molecule has 4 nitrogen and oxygen atoms in total. The van der Waals surface area contributed by atoms with Crippen LogP contribution in [-0.4, -0.2) is 49.8 Å². The van der Waals surface area contributed by atoms with E-state index in [9.17, 15) is 4.79 Å². The summed E-state index contributed by atoms with van der Waals surface area (Å²) in [5, 5.41) is 0. The molecule has 2 aliphatic heterocycles. The summed E-state index contributed by atoms with van der Waals surface area (Å²) in [5.74, 6) is 0.556. The van der Waals surface area contributed by atoms with Crippen molar-refractivity contribution in [2.45, 2.75) is 51.5 Å². The van der Waals surface area contributed by atoms with Gasteiger partial charge in [-0.15, -0.1) is 0 Å². The summed E-state index contributed by atoms with van der Waals surface area (Å²) in [5.41, 5.74) is 0. The molecule has 0 spiro atoms. The lowest BCUT2D eigenvalue weighted by atomic mass is 9.87. The molecule has 0 N–H and O–H groups in total. The molecule has 0 amide bonds. The summed E-state index contributed by atoms with van der Waals surface area (Å²) in [6.45, 7) is 6.33. The van der Waals surface area contributed by atoms with Gasteiger partial charge < -0.3 is 9.47 Å². The molecular weight excluding hydrogens is 242 g/mol. The lowest BCUT2D eigenvalue weighted by Gasteiger charge is -2.40. The second-order valence-corrected chi connectivity index (χ2v) is 5.62. The van der Waals surface area contributed by atoms with E-state index in [1.54, 1.807) is 0 Å². The van der Waals surface area contributed by atoms with E-state index in [0.29, 0.717) is 25.0 Å². The van der Waals surface area contributed by atoms with Crippen LogP contribution in [0, 0.1) is 5.92 Å². The third-order valence-corrected chi connectivity index (χ3v) is 4.35. The molecule has 2 aliphatic rings. The van der Waals surface area contributed by atoms with Crippen LogP contribution in [0.2, 0.25) is 0 Å². The number of ether oxygens (including phenoxy) is 2. The fourth-order valence-electron chi connectivity index (χ4n) is 3.34. The minimum Gasteiger partial charge on any atom is -0.466 e. The highest BCUT2D eigenvalue weighted by Crippen LogP contribution is 2.27. The van der Waals surface area contributed by atoms with Gasteiger partial charge in [0.05, 0.1) is 13.0 Å². The van der Waals surface area contributed by atoms with Gasteiger partial charge in [0.1, 0.15) is 0 Å². The van der Waals surface area contributed by atoms with Crippen molar-refractivity contribution in [3.8, 4) is 0 Å². The maximum Gasteiger partial charge on any atom is 0.307 e. The molecule has 2 heterocycles. The zero-order valence-electron chi connectivity index (χ0n) is 12.1. The third-order valence-electron chi connectivity index (χ3n) is 4.35. The zero-order chi connectivity index (χ0) is 13.5. The molecule has 0 bridgehead atoms. The van der Waals surface area contributed by atoms with Crippen LogP contribution >= 0.6 is 0 Å². The smallest absolute Gasteiger partial charge is 0.307 e. The van der Waals surface area contributed by atoms with Gasteiger partial charge in [-0.05, 0) is 51.6 Å². The Hall–Kier alpha value is -0.610. The number of hydrogen-bond donors (Lipinski definition) is 0. The van der Waals surface area contributed by atoms with Crippen LogP contribution in [0.5, 0.6) is 0 Å². The Kier molecular flexibility index (Phi) is 6.11. The lowest BCUT2D eigenvalue weighted by molar-refractivity contribution is -0.145. The topological polar surface area (TPSA) is 38.8 Å². The van der Waals surface area contributed by atoms with Gasteiger partial charge in [-0.3, -0.25) is 9.69 Å². The Bertz CT molecular complexity index is 253. The maximum atomic E-state index is 11.9. The molecule has 0 aromatic rings. The van der Waals surface area contributed by atoms with E-state index >= 15 is 0 Å². The highest BCUT2D eigenvalue weighted by Gasteiger charge is 2.31. The molecule has 2 fully saturated rings. The van der Waals surface area contributed by atoms with Crippen LogP contribution in [0.4, 0.5) is 0 Å². The summed E-state index contributed by atoms with van der Waals surface area (Å²) in [4.78, 5) is 14.4. The molecule has 110 valence electrons. The lowest BCUT2D eigenvalue weighted by Crippen LogP contribution is -2.46. The van der Waals surface area contributed by atoms with Crippen LogP contribution in [0.15, 0.2) is 0 Å². The standard InChI is InChI=1S/C15H27NO3/c1-2-19-15(17)12-14(13-6-10-18-11-7-13)16-8-4-3-5-9-16/h13-14H,2-12H2,1H3. The average molecular weight is 269 g/mol. The minimum absolute atomic E-state index is 0.0374. The van der Waals surface area contributed by atoms with Gasteiger partial charge in [0.2, 0.25) is 0 Å². The largest absolute Gasteiger partial charge is 0.466 e. The maximum absolute atomic E-state index is 11.9. The summed E-state index contributed by atoms with van der Waals surface area (Å²) >= 11 is 0. The van der Waals surface area contributed by atoms with E-state index in [1.165, 1.54) is 19.3 Å². The second-order valence-electron chi connectivity index (χ2n) is 5.62. The van der Waals surface area contributed by atoms with Gasteiger partial charge in [0.25, 0.3) is 0 Å². The minimum atomic E-state index is -0.0374. The number of piperidine rings is 1. The highest BCUT2D eigenvalue weighted by molar-refractivity contribution is 5.70. The van der Waals surface area contributed by atoms with E-state index in [-0.39, 0.29) is 5.97 Å². The number of carbonyl (C=O) groups is 1. The van der Waals surface area contributed by atoms with Gasteiger partial charge >= 0.3 is 5.97 Å². The summed E-state index contributed by atoms with van der Waals surface area (Å²) in [7, 11) is 0. The SMILES string of the molecule is CCOC(=O)CC(C1CCOCC1)N1CCCCC1.